The van der Waals surface area contributed by atoms with E-state index in [9.17, 15) is 4.79 Å². The Kier molecular flexibility index (Phi) is 4.72. The minimum absolute atomic E-state index is 0.0214. The monoisotopic (exact) mass is 305 g/mol. The minimum Gasteiger partial charge on any atom is -0.383 e. The van der Waals surface area contributed by atoms with Gasteiger partial charge in [0.2, 0.25) is 0 Å². The van der Waals surface area contributed by atoms with Crippen LogP contribution in [-0.2, 0) is 4.74 Å². The van der Waals surface area contributed by atoms with Gasteiger partial charge in [0, 0.05) is 45.8 Å². The number of carbonyl (C=O) groups excluding carboxylic acids is 1. The Morgan fingerprint density at radius 1 is 1.27 bits per heavy atom. The van der Waals surface area contributed by atoms with Crippen LogP contribution >= 0.6 is 0 Å². The van der Waals surface area contributed by atoms with Gasteiger partial charge in [0.05, 0.1) is 12.3 Å². The normalized spacial score (nSPS) is 18.4. The van der Waals surface area contributed by atoms with Crippen molar-refractivity contribution in [1.29, 1.82) is 0 Å². The van der Waals surface area contributed by atoms with Crippen molar-refractivity contribution in [3.8, 4) is 0 Å². The van der Waals surface area contributed by atoms with Gasteiger partial charge in [-0.1, -0.05) is 0 Å². The highest BCUT2D eigenvalue weighted by Gasteiger charge is 2.26. The molecule has 0 bridgehead atoms. The number of nitrogens with zero attached hydrogens (tertiary/aromatic N) is 4. The van der Waals surface area contributed by atoms with Gasteiger partial charge >= 0.3 is 6.03 Å². The molecule has 3 rings (SSSR count). The molecule has 7 heteroatoms. The van der Waals surface area contributed by atoms with E-state index in [2.05, 4.69) is 32.5 Å². The molecule has 0 unspecified atom stereocenters. The van der Waals surface area contributed by atoms with Crippen LogP contribution in [0.2, 0.25) is 0 Å². The van der Waals surface area contributed by atoms with Crippen molar-refractivity contribution in [1.82, 2.24) is 20.4 Å². The molecule has 0 aromatic carbocycles. The van der Waals surface area contributed by atoms with E-state index in [0.29, 0.717) is 32.2 Å². The lowest BCUT2D eigenvalue weighted by Crippen LogP contribution is -2.52. The number of rotatable bonds is 5. The molecule has 7 nitrogen and oxygen atoms in total. The molecule has 1 aliphatic carbocycles. The van der Waals surface area contributed by atoms with Gasteiger partial charge in [-0.2, -0.15) is 5.10 Å². The molecular formula is C15H23N5O2. The summed E-state index contributed by atoms with van der Waals surface area (Å²) in [5, 5.41) is 11.5. The summed E-state index contributed by atoms with van der Waals surface area (Å²) in [5.74, 6) is 1.54. The largest absolute Gasteiger partial charge is 0.383 e. The number of urea groups is 1. The summed E-state index contributed by atoms with van der Waals surface area (Å²) in [4.78, 5) is 16.0. The zero-order valence-electron chi connectivity index (χ0n) is 13.0. The second-order valence-electron chi connectivity index (χ2n) is 5.79. The smallest absolute Gasteiger partial charge is 0.317 e. The molecule has 2 fully saturated rings. The number of hydrogen-bond acceptors (Lipinski definition) is 5. The SMILES string of the molecule is COCCNC(=O)N1CCN(c2ccc(C3CC3)nn2)CC1. The number of amides is 2. The fraction of sp³-hybridized carbons (Fsp3) is 0.667. The van der Waals surface area contributed by atoms with Crippen LogP contribution in [0.15, 0.2) is 12.1 Å². The molecule has 0 atom stereocenters. The van der Waals surface area contributed by atoms with E-state index in [1.54, 1.807) is 7.11 Å². The first-order valence-corrected chi connectivity index (χ1v) is 7.88. The van der Waals surface area contributed by atoms with Crippen molar-refractivity contribution in [3.63, 3.8) is 0 Å². The van der Waals surface area contributed by atoms with Crippen molar-refractivity contribution in [2.75, 3.05) is 51.3 Å². The highest BCUT2D eigenvalue weighted by molar-refractivity contribution is 5.74. The highest BCUT2D eigenvalue weighted by Crippen LogP contribution is 2.38. The third-order valence-corrected chi connectivity index (χ3v) is 4.14. The van der Waals surface area contributed by atoms with Crippen LogP contribution < -0.4 is 10.2 Å². The molecule has 1 saturated carbocycles. The van der Waals surface area contributed by atoms with Crippen LogP contribution in [0.3, 0.4) is 0 Å². The molecule has 2 aliphatic rings. The third-order valence-electron chi connectivity index (χ3n) is 4.14. The zero-order valence-corrected chi connectivity index (χ0v) is 13.0. The summed E-state index contributed by atoms with van der Waals surface area (Å²) in [6.45, 7) is 4.05. The molecule has 0 spiro atoms. The number of aromatic nitrogens is 2. The van der Waals surface area contributed by atoms with Crippen molar-refractivity contribution in [3.05, 3.63) is 17.8 Å². The van der Waals surface area contributed by atoms with Gasteiger partial charge in [-0.3, -0.25) is 0 Å². The second kappa shape index (κ2) is 6.91. The van der Waals surface area contributed by atoms with Gasteiger partial charge in [0.1, 0.15) is 0 Å². The maximum absolute atomic E-state index is 12.0. The van der Waals surface area contributed by atoms with Crippen molar-refractivity contribution in [2.45, 2.75) is 18.8 Å². The second-order valence-corrected chi connectivity index (χ2v) is 5.79. The Labute approximate surface area is 130 Å². The Hall–Kier alpha value is -1.89. The maximum atomic E-state index is 12.0. The number of piperazine rings is 1. The summed E-state index contributed by atoms with van der Waals surface area (Å²) in [6.07, 6.45) is 2.48. The van der Waals surface area contributed by atoms with E-state index in [1.807, 2.05) is 4.90 Å². The molecule has 0 radical (unpaired) electrons. The van der Waals surface area contributed by atoms with Gasteiger partial charge in [-0.05, 0) is 25.0 Å². The van der Waals surface area contributed by atoms with Gasteiger partial charge < -0.3 is 19.9 Å². The lowest BCUT2D eigenvalue weighted by molar-refractivity contribution is 0.177. The van der Waals surface area contributed by atoms with Crippen LogP contribution in [0.5, 0.6) is 0 Å². The predicted molar refractivity (Wildman–Crippen MR) is 83.1 cm³/mol. The molecule has 2 heterocycles. The summed E-state index contributed by atoms with van der Waals surface area (Å²) in [7, 11) is 1.63. The Morgan fingerprint density at radius 3 is 2.64 bits per heavy atom. The average molecular weight is 305 g/mol. The van der Waals surface area contributed by atoms with E-state index in [0.717, 1.165) is 24.6 Å². The standard InChI is InChI=1S/C15H23N5O2/c1-22-11-6-16-15(21)20-9-7-19(8-10-20)14-5-4-13(17-18-14)12-2-3-12/h4-5,12H,2-3,6-11H2,1H3,(H,16,21). The number of ether oxygens (including phenoxy) is 1. The van der Waals surface area contributed by atoms with Crippen molar-refractivity contribution in [2.24, 2.45) is 0 Å². The molecule has 22 heavy (non-hydrogen) atoms. The number of hydrogen-bond donors (Lipinski definition) is 1. The van der Waals surface area contributed by atoms with Crippen molar-refractivity contribution >= 4 is 11.8 Å². The van der Waals surface area contributed by atoms with Crippen LogP contribution in [0.4, 0.5) is 10.6 Å². The number of nitrogens with one attached hydrogen (secondary N) is 1. The number of anilines is 1. The summed E-state index contributed by atoms with van der Waals surface area (Å²) < 4.78 is 4.93. The average Bonchev–Trinajstić information content (AvgIpc) is 3.40. The molecule has 1 aromatic rings. The summed E-state index contributed by atoms with van der Waals surface area (Å²) in [5.41, 5.74) is 1.11. The Bertz CT molecular complexity index is 495. The molecule has 2 amide bonds. The van der Waals surface area contributed by atoms with Crippen LogP contribution in [0.25, 0.3) is 0 Å². The summed E-state index contributed by atoms with van der Waals surface area (Å²) in [6, 6.07) is 4.12. The Balaban J connectivity index is 1.47. The zero-order chi connectivity index (χ0) is 15.4. The Morgan fingerprint density at radius 2 is 2.05 bits per heavy atom. The summed E-state index contributed by atoms with van der Waals surface area (Å²) >= 11 is 0. The van der Waals surface area contributed by atoms with E-state index in [1.165, 1.54) is 12.8 Å². The van der Waals surface area contributed by atoms with E-state index >= 15 is 0 Å². The molecule has 120 valence electrons. The fourth-order valence-corrected chi connectivity index (χ4v) is 2.61. The first kappa shape index (κ1) is 15.0. The first-order valence-electron chi connectivity index (χ1n) is 7.88. The third kappa shape index (κ3) is 3.65. The first-order chi connectivity index (χ1) is 10.8. The lowest BCUT2D eigenvalue weighted by atomic mass is 10.2. The maximum Gasteiger partial charge on any atom is 0.317 e. The fourth-order valence-electron chi connectivity index (χ4n) is 2.61. The molecule has 1 aromatic heterocycles. The van der Waals surface area contributed by atoms with Gasteiger partial charge in [-0.15, -0.1) is 5.10 Å². The molecular weight excluding hydrogens is 282 g/mol. The topological polar surface area (TPSA) is 70.6 Å². The number of methoxy groups -OCH3 is 1. The van der Waals surface area contributed by atoms with Gasteiger partial charge in [-0.25, -0.2) is 4.79 Å². The molecule has 1 saturated heterocycles. The lowest BCUT2D eigenvalue weighted by Gasteiger charge is -2.35. The quantitative estimate of drug-likeness (QED) is 0.816. The van der Waals surface area contributed by atoms with Gasteiger partial charge in [0.15, 0.2) is 5.82 Å². The van der Waals surface area contributed by atoms with Crippen LogP contribution in [-0.4, -0.2) is 67.6 Å². The van der Waals surface area contributed by atoms with Gasteiger partial charge in [0.25, 0.3) is 0 Å². The predicted octanol–water partition coefficient (Wildman–Crippen LogP) is 0.832. The van der Waals surface area contributed by atoms with E-state index < -0.39 is 0 Å². The van der Waals surface area contributed by atoms with E-state index in [4.69, 9.17) is 4.74 Å². The molecule has 1 aliphatic heterocycles. The van der Waals surface area contributed by atoms with Crippen LogP contribution in [0.1, 0.15) is 24.5 Å². The minimum atomic E-state index is -0.0214. The van der Waals surface area contributed by atoms with Crippen molar-refractivity contribution < 1.29 is 9.53 Å². The molecule has 1 N–H and O–H groups in total. The van der Waals surface area contributed by atoms with E-state index in [-0.39, 0.29) is 6.03 Å². The highest BCUT2D eigenvalue weighted by atomic mass is 16.5. The van der Waals surface area contributed by atoms with Crippen LogP contribution in [0, 0.1) is 0 Å². The number of carbonyl (C=O) groups is 1.